The zero-order chi connectivity index (χ0) is 22.2. The Labute approximate surface area is 181 Å². The Hall–Kier alpha value is -3.23. The van der Waals surface area contributed by atoms with Crippen molar-refractivity contribution in [1.29, 1.82) is 0 Å². The second-order valence-corrected chi connectivity index (χ2v) is 9.84. The summed E-state index contributed by atoms with van der Waals surface area (Å²) in [5, 5.41) is 4.16. The van der Waals surface area contributed by atoms with E-state index in [4.69, 9.17) is 4.42 Å². The van der Waals surface area contributed by atoms with Gasteiger partial charge >= 0.3 is 0 Å². The van der Waals surface area contributed by atoms with Crippen molar-refractivity contribution in [2.75, 3.05) is 19.4 Å². The van der Waals surface area contributed by atoms with Crippen molar-refractivity contribution in [2.24, 2.45) is 0 Å². The van der Waals surface area contributed by atoms with Crippen LogP contribution in [0.5, 0.6) is 0 Å². The van der Waals surface area contributed by atoms with Gasteiger partial charge in [-0.25, -0.2) is 22.7 Å². The number of anilines is 1. The first kappa shape index (κ1) is 21.0. The van der Waals surface area contributed by atoms with E-state index in [0.29, 0.717) is 17.3 Å². The maximum absolute atomic E-state index is 12.4. The molecule has 8 heteroatoms. The van der Waals surface area contributed by atoms with Crippen molar-refractivity contribution in [2.45, 2.75) is 24.8 Å². The van der Waals surface area contributed by atoms with Crippen LogP contribution in [0.15, 0.2) is 70.2 Å². The maximum Gasteiger partial charge on any atom is 0.242 e. The van der Waals surface area contributed by atoms with E-state index in [1.54, 1.807) is 24.3 Å². The van der Waals surface area contributed by atoms with Crippen molar-refractivity contribution in [3.63, 3.8) is 0 Å². The minimum Gasteiger partial charge on any atom is -0.437 e. The Kier molecular flexibility index (Phi) is 5.51. The molecule has 31 heavy (non-hydrogen) atoms. The number of aromatic nitrogens is 2. The van der Waals surface area contributed by atoms with Gasteiger partial charge in [0.25, 0.3) is 0 Å². The molecular formula is C23H24N4O3S. The van der Waals surface area contributed by atoms with Gasteiger partial charge in [0.05, 0.1) is 10.3 Å². The summed E-state index contributed by atoms with van der Waals surface area (Å²) in [6.45, 7) is 4.09. The van der Waals surface area contributed by atoms with Gasteiger partial charge in [-0.15, -0.1) is 0 Å². The SMILES string of the molecule is CC(C)Nc1ncnc2oc(-c3ccc(S(=O)(=O)N(C)C)cc3)c(-c3ccccc3)c12. The van der Waals surface area contributed by atoms with Crippen molar-refractivity contribution in [1.82, 2.24) is 14.3 Å². The van der Waals surface area contributed by atoms with Crippen LogP contribution in [0, 0.1) is 0 Å². The number of hydrogen-bond acceptors (Lipinski definition) is 6. The molecule has 4 aromatic rings. The van der Waals surface area contributed by atoms with Gasteiger partial charge in [-0.3, -0.25) is 0 Å². The van der Waals surface area contributed by atoms with E-state index >= 15 is 0 Å². The van der Waals surface area contributed by atoms with Crippen molar-refractivity contribution in [3.05, 3.63) is 60.9 Å². The van der Waals surface area contributed by atoms with Gasteiger partial charge in [-0.2, -0.15) is 0 Å². The lowest BCUT2D eigenvalue weighted by Gasteiger charge is -2.12. The molecule has 0 radical (unpaired) electrons. The normalized spacial score (nSPS) is 12.1. The summed E-state index contributed by atoms with van der Waals surface area (Å²) in [7, 11) is -0.489. The molecule has 0 unspecified atom stereocenters. The van der Waals surface area contributed by atoms with Crippen LogP contribution in [0.4, 0.5) is 5.82 Å². The molecule has 7 nitrogen and oxygen atoms in total. The summed E-state index contributed by atoms with van der Waals surface area (Å²) in [6.07, 6.45) is 1.47. The highest BCUT2D eigenvalue weighted by atomic mass is 32.2. The van der Waals surface area contributed by atoms with Crippen LogP contribution >= 0.6 is 0 Å². The Bertz CT molecular complexity index is 1310. The van der Waals surface area contributed by atoms with Crippen molar-refractivity contribution < 1.29 is 12.8 Å². The van der Waals surface area contributed by atoms with Gasteiger partial charge in [0.2, 0.25) is 15.7 Å². The number of furan rings is 1. The molecule has 1 N–H and O–H groups in total. The number of nitrogens with zero attached hydrogens (tertiary/aromatic N) is 3. The first-order valence-corrected chi connectivity index (χ1v) is 11.4. The molecule has 0 saturated heterocycles. The van der Waals surface area contributed by atoms with Gasteiger partial charge < -0.3 is 9.73 Å². The minimum absolute atomic E-state index is 0.176. The second-order valence-electron chi connectivity index (χ2n) is 7.69. The zero-order valence-corrected chi connectivity index (χ0v) is 18.6. The van der Waals surface area contributed by atoms with Gasteiger partial charge in [0, 0.05) is 31.3 Å². The summed E-state index contributed by atoms with van der Waals surface area (Å²) < 4.78 is 32.2. The van der Waals surface area contributed by atoms with E-state index < -0.39 is 10.0 Å². The average Bonchev–Trinajstić information content (AvgIpc) is 3.14. The molecule has 0 spiro atoms. The highest BCUT2D eigenvalue weighted by Crippen LogP contribution is 2.42. The van der Waals surface area contributed by atoms with E-state index in [0.717, 1.165) is 22.1 Å². The Balaban J connectivity index is 1.95. The topological polar surface area (TPSA) is 88.3 Å². The number of fused-ring (bicyclic) bond motifs is 1. The van der Waals surface area contributed by atoms with Crippen LogP contribution in [0.2, 0.25) is 0 Å². The standard InChI is InChI=1S/C23H24N4O3S/c1-15(2)26-22-20-19(16-8-6-5-7-9-16)21(30-23(20)25-14-24-22)17-10-12-18(13-11-17)31(28,29)27(3)4/h5-15H,1-4H3,(H,24,25,26). The molecule has 4 rings (SSSR count). The van der Waals surface area contributed by atoms with E-state index in [9.17, 15) is 8.42 Å². The number of hydrogen-bond donors (Lipinski definition) is 1. The summed E-state index contributed by atoms with van der Waals surface area (Å²) in [6, 6.07) is 16.7. The Morgan fingerprint density at radius 3 is 2.23 bits per heavy atom. The van der Waals surface area contributed by atoms with E-state index in [2.05, 4.69) is 15.3 Å². The predicted octanol–water partition coefficient (Wildman–Crippen LogP) is 4.63. The highest BCUT2D eigenvalue weighted by Gasteiger charge is 2.23. The van der Waals surface area contributed by atoms with Crippen LogP contribution in [0.1, 0.15) is 13.8 Å². The lowest BCUT2D eigenvalue weighted by Crippen LogP contribution is -2.22. The maximum atomic E-state index is 12.4. The summed E-state index contributed by atoms with van der Waals surface area (Å²) in [4.78, 5) is 9.00. The van der Waals surface area contributed by atoms with E-state index in [1.165, 1.54) is 24.7 Å². The minimum atomic E-state index is -3.51. The molecule has 0 atom stereocenters. The van der Waals surface area contributed by atoms with Gasteiger partial charge in [0.15, 0.2) is 0 Å². The van der Waals surface area contributed by atoms with Crippen molar-refractivity contribution >= 4 is 26.9 Å². The molecule has 0 aliphatic carbocycles. The van der Waals surface area contributed by atoms with E-state index in [-0.39, 0.29) is 10.9 Å². The Morgan fingerprint density at radius 1 is 0.935 bits per heavy atom. The molecular weight excluding hydrogens is 412 g/mol. The number of sulfonamides is 1. The van der Waals surface area contributed by atoms with Crippen LogP contribution in [-0.4, -0.2) is 42.8 Å². The summed E-state index contributed by atoms with van der Waals surface area (Å²) in [5.74, 6) is 1.31. The van der Waals surface area contributed by atoms with Crippen LogP contribution < -0.4 is 5.32 Å². The Morgan fingerprint density at radius 2 is 1.61 bits per heavy atom. The fourth-order valence-corrected chi connectivity index (χ4v) is 4.29. The molecule has 0 amide bonds. The molecule has 2 heterocycles. The van der Waals surface area contributed by atoms with Crippen LogP contribution in [0.25, 0.3) is 33.6 Å². The molecule has 2 aromatic heterocycles. The smallest absolute Gasteiger partial charge is 0.242 e. The number of benzene rings is 2. The first-order chi connectivity index (χ1) is 14.8. The van der Waals surface area contributed by atoms with Gasteiger partial charge in [0.1, 0.15) is 17.9 Å². The second kappa shape index (κ2) is 8.13. The third-order valence-corrected chi connectivity index (χ3v) is 6.70. The van der Waals surface area contributed by atoms with Gasteiger partial charge in [-0.05, 0) is 43.7 Å². The number of rotatable bonds is 6. The largest absolute Gasteiger partial charge is 0.437 e. The molecule has 0 aliphatic rings. The van der Waals surface area contributed by atoms with Crippen LogP contribution in [-0.2, 0) is 10.0 Å². The molecule has 2 aromatic carbocycles. The molecule has 0 bridgehead atoms. The summed E-state index contributed by atoms with van der Waals surface area (Å²) >= 11 is 0. The third-order valence-electron chi connectivity index (χ3n) is 4.87. The zero-order valence-electron chi connectivity index (χ0n) is 17.8. The molecule has 0 fully saturated rings. The number of nitrogens with one attached hydrogen (secondary N) is 1. The van der Waals surface area contributed by atoms with E-state index in [1.807, 2.05) is 44.2 Å². The van der Waals surface area contributed by atoms with Gasteiger partial charge in [-0.1, -0.05) is 30.3 Å². The fourth-order valence-electron chi connectivity index (χ4n) is 3.39. The molecule has 0 aliphatic heterocycles. The lowest BCUT2D eigenvalue weighted by molar-refractivity contribution is 0.520. The third kappa shape index (κ3) is 3.92. The molecule has 160 valence electrons. The monoisotopic (exact) mass is 436 g/mol. The van der Waals surface area contributed by atoms with Crippen molar-refractivity contribution in [3.8, 4) is 22.5 Å². The average molecular weight is 437 g/mol. The molecule has 0 saturated carbocycles. The quantitative estimate of drug-likeness (QED) is 0.474. The highest BCUT2D eigenvalue weighted by molar-refractivity contribution is 7.89. The first-order valence-electron chi connectivity index (χ1n) is 9.91. The summed E-state index contributed by atoms with van der Waals surface area (Å²) in [5.41, 5.74) is 3.05. The van der Waals surface area contributed by atoms with Crippen LogP contribution in [0.3, 0.4) is 0 Å². The fraction of sp³-hybridized carbons (Fsp3) is 0.217. The lowest BCUT2D eigenvalue weighted by atomic mass is 9.99. The predicted molar refractivity (Wildman–Crippen MR) is 122 cm³/mol.